The van der Waals surface area contributed by atoms with Gasteiger partial charge in [-0.05, 0) is 38.8 Å². The van der Waals surface area contributed by atoms with E-state index in [1.165, 1.54) is 18.9 Å². The largest absolute Gasteiger partial charge is 0.452 e. The predicted molar refractivity (Wildman–Crippen MR) is 99.0 cm³/mol. The van der Waals surface area contributed by atoms with Crippen LogP contribution < -0.4 is 4.90 Å². The van der Waals surface area contributed by atoms with Crippen LogP contribution in [0.25, 0.3) is 0 Å². The Labute approximate surface area is 150 Å². The highest BCUT2D eigenvalue weighted by molar-refractivity contribution is 5.87. The second kappa shape index (κ2) is 13.4. The molecule has 1 rings (SSSR count). The highest BCUT2D eigenvalue weighted by Crippen LogP contribution is 2.17. The van der Waals surface area contributed by atoms with E-state index in [0.29, 0.717) is 13.0 Å². The molecule has 0 aliphatic carbocycles. The Balaban J connectivity index is 0.000000609. The molecule has 25 heavy (non-hydrogen) atoms. The van der Waals surface area contributed by atoms with E-state index in [0.717, 1.165) is 17.7 Å². The van der Waals surface area contributed by atoms with Crippen molar-refractivity contribution < 1.29 is 24.2 Å². The van der Waals surface area contributed by atoms with Crippen LogP contribution in [0.15, 0.2) is 24.3 Å². The number of ether oxygens (including phenoxy) is 2. The van der Waals surface area contributed by atoms with Crippen LogP contribution in [-0.4, -0.2) is 50.0 Å². The van der Waals surface area contributed by atoms with Crippen molar-refractivity contribution in [2.75, 3.05) is 31.8 Å². The van der Waals surface area contributed by atoms with Crippen LogP contribution in [0.3, 0.4) is 0 Å². The van der Waals surface area contributed by atoms with Gasteiger partial charge in [0.2, 0.25) is 0 Å². The Bertz CT molecular complexity index is 501. The molecule has 6 heteroatoms. The fourth-order valence-corrected chi connectivity index (χ4v) is 1.82. The van der Waals surface area contributed by atoms with Crippen molar-refractivity contribution in [3.8, 4) is 0 Å². The van der Waals surface area contributed by atoms with Gasteiger partial charge in [0.25, 0.3) is 0 Å². The maximum absolute atomic E-state index is 11.6. The molecule has 1 N–H and O–H groups in total. The molecule has 0 aliphatic heterocycles. The van der Waals surface area contributed by atoms with E-state index in [9.17, 15) is 14.7 Å². The average Bonchev–Trinajstić information content (AvgIpc) is 2.60. The van der Waals surface area contributed by atoms with Gasteiger partial charge in [-0.3, -0.25) is 9.69 Å². The summed E-state index contributed by atoms with van der Waals surface area (Å²) in [5.41, 5.74) is 1.85. The lowest BCUT2D eigenvalue weighted by Crippen LogP contribution is -2.37. The third kappa shape index (κ3) is 10.5. The van der Waals surface area contributed by atoms with E-state index in [1.54, 1.807) is 0 Å². The molecule has 1 unspecified atom stereocenters. The van der Waals surface area contributed by atoms with E-state index in [-0.39, 0.29) is 18.9 Å². The van der Waals surface area contributed by atoms with Crippen molar-refractivity contribution in [3.63, 3.8) is 0 Å². The fourth-order valence-electron chi connectivity index (χ4n) is 1.82. The third-order valence-corrected chi connectivity index (χ3v) is 3.26. The SMILES string of the molecule is CCC(O)CN(C(=O)OC)c1ccc(C)cc1.CCCOCC(C)=O. The summed E-state index contributed by atoms with van der Waals surface area (Å²) in [4.78, 5) is 23.3. The number of Topliss-reactive ketones (excluding diaryl/α,β-unsaturated/α-hetero) is 1. The summed E-state index contributed by atoms with van der Waals surface area (Å²) in [5, 5.41) is 9.64. The minimum atomic E-state index is -0.546. The molecular weight excluding hydrogens is 322 g/mol. The molecule has 1 amide bonds. The Hall–Kier alpha value is -1.92. The maximum atomic E-state index is 11.6. The molecule has 0 radical (unpaired) electrons. The van der Waals surface area contributed by atoms with Gasteiger partial charge in [-0.1, -0.05) is 31.5 Å². The predicted octanol–water partition coefficient (Wildman–Crippen LogP) is 3.34. The van der Waals surface area contributed by atoms with E-state index in [1.807, 2.05) is 45.0 Å². The zero-order valence-electron chi connectivity index (χ0n) is 15.9. The van der Waals surface area contributed by atoms with Crippen LogP contribution in [0.5, 0.6) is 0 Å². The molecule has 142 valence electrons. The minimum Gasteiger partial charge on any atom is -0.452 e. The smallest absolute Gasteiger partial charge is 0.414 e. The number of carbonyl (C=O) groups is 2. The van der Waals surface area contributed by atoms with Gasteiger partial charge in [-0.2, -0.15) is 0 Å². The van der Waals surface area contributed by atoms with Crippen molar-refractivity contribution in [3.05, 3.63) is 29.8 Å². The molecule has 0 heterocycles. The van der Waals surface area contributed by atoms with Crippen LogP contribution in [0.1, 0.15) is 39.2 Å². The Morgan fingerprint density at radius 1 is 1.20 bits per heavy atom. The number of methoxy groups -OCH3 is 1. The first-order valence-electron chi connectivity index (χ1n) is 8.53. The number of nitrogens with zero attached hydrogens (tertiary/aromatic N) is 1. The van der Waals surface area contributed by atoms with Gasteiger partial charge in [-0.25, -0.2) is 4.79 Å². The third-order valence-electron chi connectivity index (χ3n) is 3.26. The van der Waals surface area contributed by atoms with Gasteiger partial charge < -0.3 is 14.6 Å². The summed E-state index contributed by atoms with van der Waals surface area (Å²) in [6, 6.07) is 7.52. The number of benzene rings is 1. The Morgan fingerprint density at radius 2 is 1.80 bits per heavy atom. The number of carbonyl (C=O) groups excluding carboxylic acids is 2. The molecule has 0 saturated heterocycles. The lowest BCUT2D eigenvalue weighted by molar-refractivity contribution is -0.121. The second-order valence-corrected chi connectivity index (χ2v) is 5.73. The number of ketones is 1. The van der Waals surface area contributed by atoms with E-state index in [4.69, 9.17) is 9.47 Å². The second-order valence-electron chi connectivity index (χ2n) is 5.73. The van der Waals surface area contributed by atoms with Crippen molar-refractivity contribution in [1.29, 1.82) is 0 Å². The van der Waals surface area contributed by atoms with Crippen LogP contribution in [-0.2, 0) is 14.3 Å². The van der Waals surface area contributed by atoms with Crippen LogP contribution in [0.2, 0.25) is 0 Å². The molecule has 0 aliphatic rings. The van der Waals surface area contributed by atoms with Gasteiger partial charge in [0, 0.05) is 12.3 Å². The fraction of sp³-hybridized carbons (Fsp3) is 0.579. The van der Waals surface area contributed by atoms with Gasteiger partial charge in [0.15, 0.2) is 5.78 Å². The topological polar surface area (TPSA) is 76.1 Å². The summed E-state index contributed by atoms with van der Waals surface area (Å²) in [5.74, 6) is 0.0958. The number of anilines is 1. The summed E-state index contributed by atoms with van der Waals surface area (Å²) in [7, 11) is 1.34. The highest BCUT2D eigenvalue weighted by Gasteiger charge is 2.18. The molecule has 1 aromatic carbocycles. The van der Waals surface area contributed by atoms with Crippen LogP contribution in [0.4, 0.5) is 10.5 Å². The Kier molecular flexibility index (Phi) is 12.4. The maximum Gasteiger partial charge on any atom is 0.414 e. The van der Waals surface area contributed by atoms with Gasteiger partial charge in [-0.15, -0.1) is 0 Å². The van der Waals surface area contributed by atoms with Crippen LogP contribution in [0, 0.1) is 6.92 Å². The number of rotatable bonds is 8. The van der Waals surface area contributed by atoms with Crippen molar-refractivity contribution in [2.45, 2.75) is 46.6 Å². The first-order valence-corrected chi connectivity index (χ1v) is 8.53. The zero-order chi connectivity index (χ0) is 19.2. The Morgan fingerprint density at radius 3 is 2.24 bits per heavy atom. The van der Waals surface area contributed by atoms with Gasteiger partial charge in [0.1, 0.15) is 6.61 Å². The summed E-state index contributed by atoms with van der Waals surface area (Å²) in [6.07, 6.45) is 0.573. The lowest BCUT2D eigenvalue weighted by atomic mass is 10.2. The standard InChI is InChI=1S/C13H19NO3.C6H12O2/c1-4-12(15)9-14(13(16)17-3)11-7-5-10(2)6-8-11;1-3-4-8-5-6(2)7/h5-8,12,15H,4,9H2,1-3H3;3-5H2,1-2H3. The number of hydrogen-bond acceptors (Lipinski definition) is 5. The summed E-state index contributed by atoms with van der Waals surface area (Å²) in [6.45, 7) is 8.60. The quantitative estimate of drug-likeness (QED) is 0.725. The molecule has 0 aromatic heterocycles. The van der Waals surface area contributed by atoms with Crippen molar-refractivity contribution in [2.24, 2.45) is 0 Å². The van der Waals surface area contributed by atoms with E-state index < -0.39 is 12.2 Å². The monoisotopic (exact) mass is 353 g/mol. The molecule has 6 nitrogen and oxygen atoms in total. The van der Waals surface area contributed by atoms with Crippen molar-refractivity contribution >= 4 is 17.6 Å². The molecule has 0 fully saturated rings. The average molecular weight is 353 g/mol. The van der Waals surface area contributed by atoms with Crippen molar-refractivity contribution in [1.82, 2.24) is 0 Å². The number of hydrogen-bond donors (Lipinski definition) is 1. The molecule has 1 atom stereocenters. The number of amides is 1. The first kappa shape index (κ1) is 23.1. The summed E-state index contributed by atoms with van der Waals surface area (Å²) < 4.78 is 9.61. The minimum absolute atomic E-state index is 0.0958. The van der Waals surface area contributed by atoms with Crippen LogP contribution >= 0.6 is 0 Å². The number of aliphatic hydroxyl groups is 1. The normalized spacial score (nSPS) is 11.1. The number of aliphatic hydroxyl groups excluding tert-OH is 1. The molecule has 0 saturated carbocycles. The van der Waals surface area contributed by atoms with E-state index >= 15 is 0 Å². The molecule has 0 bridgehead atoms. The lowest BCUT2D eigenvalue weighted by Gasteiger charge is -2.23. The first-order chi connectivity index (χ1) is 11.8. The van der Waals surface area contributed by atoms with E-state index in [2.05, 4.69) is 0 Å². The summed E-state index contributed by atoms with van der Waals surface area (Å²) >= 11 is 0. The highest BCUT2D eigenvalue weighted by atomic mass is 16.5. The zero-order valence-corrected chi connectivity index (χ0v) is 15.9. The molecule has 0 spiro atoms. The van der Waals surface area contributed by atoms with Gasteiger partial charge in [0.05, 0.1) is 19.8 Å². The molecular formula is C19H31NO5. The number of aryl methyl sites for hydroxylation is 1. The molecule has 1 aromatic rings. The van der Waals surface area contributed by atoms with Gasteiger partial charge >= 0.3 is 6.09 Å².